The zero-order chi connectivity index (χ0) is 75.5. The third-order valence-electron chi connectivity index (χ3n) is 17.4. The van der Waals surface area contributed by atoms with E-state index in [0.29, 0.717) is 103 Å². The predicted octanol–water partition coefficient (Wildman–Crippen LogP) is 16.9. The number of unbranched alkanes of at least 4 members (excludes halogenated alkanes) is 8. The van der Waals surface area contributed by atoms with Gasteiger partial charge in [0.1, 0.15) is 6.61 Å². The Hall–Kier alpha value is -5.34. The van der Waals surface area contributed by atoms with Crippen LogP contribution in [0.3, 0.4) is 0 Å². The summed E-state index contributed by atoms with van der Waals surface area (Å²) < 4.78 is 41.8. The number of carboxylic acids is 2. The molecule has 0 aliphatic carbocycles. The molecule has 0 aromatic rings. The lowest BCUT2D eigenvalue weighted by Gasteiger charge is -2.20. The van der Waals surface area contributed by atoms with Gasteiger partial charge in [-0.3, -0.25) is 47.9 Å². The highest BCUT2D eigenvalue weighted by Crippen LogP contribution is 2.25. The van der Waals surface area contributed by atoms with E-state index in [2.05, 4.69) is 27.7 Å². The van der Waals surface area contributed by atoms with Crippen molar-refractivity contribution in [2.24, 2.45) is 38.9 Å². The van der Waals surface area contributed by atoms with Gasteiger partial charge in [0.2, 0.25) is 0 Å². The van der Waals surface area contributed by atoms with Crippen LogP contribution < -0.4 is 0 Å². The number of likely N-dealkylation sites (N-methyl/N-ethyl adjacent to an activating group) is 1. The predicted molar refractivity (Wildman–Crippen MR) is 382 cm³/mol. The summed E-state index contributed by atoms with van der Waals surface area (Å²) in [5.41, 5.74) is -2.27. The first kappa shape index (κ1) is 100. The molecule has 0 heterocycles. The van der Waals surface area contributed by atoms with Crippen LogP contribution in [0.4, 0.5) is 0 Å². The molecule has 2 unspecified atom stereocenters. The molecule has 0 aromatic carbocycles. The fourth-order valence-corrected chi connectivity index (χ4v) is 7.29. The second kappa shape index (κ2) is 60.6. The van der Waals surface area contributed by atoms with Gasteiger partial charge < -0.3 is 53.0 Å². The Morgan fingerprint density at radius 2 is 0.588 bits per heavy atom. The molecule has 0 saturated carbocycles. The standard InChI is InChI=1S/2C24H44O6.C12H22O4.C10H21NO2.C6H12O2/c2*1-6-9-14-20(7-2)19-30-22(26)15-11-10-12-17-28-21(25)16-13-18-29-23(27)24(4,5)8-3;1-4-12(2,3)11(15)16-9-7-5-6-8-10(13)14;1-6-10(2,3)9(12)13-8-7-11(4)5;1-4-6(2,3)5(7)8/h2*20H,6-19H2,1-5H3;4-9H2,1-3H3,(H,13,14);6-8H2,1-5H3;4H2,1-3H3,(H,7,8). The largest absolute Gasteiger partial charge is 0.481 e. The Kier molecular flexibility index (Phi) is 62.7. The highest BCUT2D eigenvalue weighted by Gasteiger charge is 2.30. The van der Waals surface area contributed by atoms with Crippen LogP contribution in [0.1, 0.15) is 318 Å². The zero-order valence-corrected chi connectivity index (χ0v) is 65.2. The molecule has 0 aromatic heterocycles. The lowest BCUT2D eigenvalue weighted by Crippen LogP contribution is -2.28. The lowest BCUT2D eigenvalue weighted by atomic mass is 9.91. The van der Waals surface area contributed by atoms with Gasteiger partial charge >= 0.3 is 59.7 Å². The molecule has 0 aliphatic heterocycles. The summed E-state index contributed by atoms with van der Waals surface area (Å²) in [6, 6.07) is 0. The van der Waals surface area contributed by atoms with Crippen molar-refractivity contribution >= 4 is 59.7 Å². The number of nitrogens with zero attached hydrogens (tertiary/aromatic N) is 1. The second-order valence-electron chi connectivity index (χ2n) is 28.5. The first-order valence-corrected chi connectivity index (χ1v) is 36.7. The van der Waals surface area contributed by atoms with Crippen molar-refractivity contribution in [2.75, 3.05) is 73.5 Å². The maximum Gasteiger partial charge on any atom is 0.311 e. The number of rotatable bonds is 51. The fraction of sp³-hybridized carbons (Fsp3) is 0.868. The van der Waals surface area contributed by atoms with Gasteiger partial charge in [0.25, 0.3) is 0 Å². The Balaban J connectivity index is -0.000000390. The maximum absolute atomic E-state index is 11.8. The Morgan fingerprint density at radius 3 is 0.845 bits per heavy atom. The number of ether oxygens (including phenoxy) is 8. The second-order valence-corrected chi connectivity index (χ2v) is 28.5. The van der Waals surface area contributed by atoms with E-state index < -0.39 is 33.6 Å². The van der Waals surface area contributed by atoms with Crippen LogP contribution in [-0.4, -0.2) is 148 Å². The number of carbonyl (C=O) groups excluding carboxylic acids is 8. The first-order valence-electron chi connectivity index (χ1n) is 36.7. The minimum atomic E-state index is -0.774. The highest BCUT2D eigenvalue weighted by atomic mass is 16.6. The summed E-state index contributed by atoms with van der Waals surface area (Å²) in [4.78, 5) is 116. The van der Waals surface area contributed by atoms with Crippen LogP contribution in [0.15, 0.2) is 0 Å². The topological polar surface area (TPSA) is 288 Å². The summed E-state index contributed by atoms with van der Waals surface area (Å²) in [6.45, 7) is 40.5. The minimum absolute atomic E-state index is 0.100. The molecule has 0 spiro atoms. The third kappa shape index (κ3) is 60.4. The SMILES string of the molecule is CCC(C)(C)C(=O)O.CCC(C)(C)C(=O)OCCCCCC(=O)O.CCC(C)(C)C(=O)OCCN(C)C.CCCCC(CC)COC(=O)CCCCCOC(=O)CCCOC(=O)C(C)(C)CC.CCCCC(CC)COC(=O)CCCCCOC(=O)CCCOC(=O)C(C)(C)CC. The molecule has 21 heteroatoms. The Morgan fingerprint density at radius 1 is 0.320 bits per heavy atom. The number of hydrogen-bond acceptors (Lipinski definition) is 19. The average Bonchev–Trinajstić information content (AvgIpc) is 1.32. The molecular weight excluding hydrogens is 1250 g/mol. The number of esters is 8. The van der Waals surface area contributed by atoms with Crippen LogP contribution in [0.2, 0.25) is 0 Å². The van der Waals surface area contributed by atoms with Crippen molar-refractivity contribution in [3.8, 4) is 0 Å². The Bertz CT molecular complexity index is 2010. The monoisotopic (exact) mass is 1390 g/mol. The molecule has 0 fully saturated rings. The highest BCUT2D eigenvalue weighted by molar-refractivity contribution is 5.77. The van der Waals surface area contributed by atoms with Crippen molar-refractivity contribution in [3.63, 3.8) is 0 Å². The van der Waals surface area contributed by atoms with E-state index in [4.69, 9.17) is 48.1 Å². The molecule has 21 nitrogen and oxygen atoms in total. The van der Waals surface area contributed by atoms with Crippen molar-refractivity contribution < 1.29 is 96.1 Å². The molecule has 0 bridgehead atoms. The number of aliphatic carboxylic acids is 2. The van der Waals surface area contributed by atoms with Crippen molar-refractivity contribution in [2.45, 2.75) is 318 Å². The summed E-state index contributed by atoms with van der Waals surface area (Å²) >= 11 is 0. The van der Waals surface area contributed by atoms with E-state index in [0.717, 1.165) is 96.4 Å². The van der Waals surface area contributed by atoms with Gasteiger partial charge in [0, 0.05) is 38.6 Å². The molecule has 97 heavy (non-hydrogen) atoms. The van der Waals surface area contributed by atoms with E-state index in [-0.39, 0.29) is 85.6 Å². The van der Waals surface area contributed by atoms with E-state index >= 15 is 0 Å². The quantitative estimate of drug-likeness (QED) is 0.0325. The van der Waals surface area contributed by atoms with Crippen LogP contribution in [0, 0.1) is 38.9 Å². The number of hydrogen-bond donors (Lipinski definition) is 2. The minimum Gasteiger partial charge on any atom is -0.481 e. The normalized spacial score (nSPS) is 12.0. The maximum atomic E-state index is 11.8. The Labute approximate surface area is 588 Å². The lowest BCUT2D eigenvalue weighted by molar-refractivity contribution is -0.155. The van der Waals surface area contributed by atoms with Crippen molar-refractivity contribution in [3.05, 3.63) is 0 Å². The number of carboxylic acid groups (broad SMARTS) is 2. The molecule has 0 radical (unpaired) electrons. The molecule has 0 rings (SSSR count). The molecule has 0 amide bonds. The van der Waals surface area contributed by atoms with Gasteiger partial charge in [0.15, 0.2) is 0 Å². The van der Waals surface area contributed by atoms with Gasteiger partial charge in [-0.25, -0.2) is 0 Å². The van der Waals surface area contributed by atoms with Crippen LogP contribution in [-0.2, 0) is 85.8 Å². The molecule has 0 aliphatic rings. The van der Waals surface area contributed by atoms with E-state index in [9.17, 15) is 47.9 Å². The van der Waals surface area contributed by atoms with Crippen molar-refractivity contribution in [1.29, 1.82) is 0 Å². The van der Waals surface area contributed by atoms with Gasteiger partial charge in [-0.2, -0.15) is 0 Å². The van der Waals surface area contributed by atoms with Crippen LogP contribution >= 0.6 is 0 Å². The van der Waals surface area contributed by atoms with Gasteiger partial charge in [-0.1, -0.05) is 101 Å². The molecule has 572 valence electrons. The van der Waals surface area contributed by atoms with E-state index in [1.165, 1.54) is 25.7 Å². The summed E-state index contributed by atoms with van der Waals surface area (Å²) in [5.74, 6) is -2.13. The smallest absolute Gasteiger partial charge is 0.311 e. The van der Waals surface area contributed by atoms with E-state index in [1.807, 2.05) is 109 Å². The van der Waals surface area contributed by atoms with Gasteiger partial charge in [-0.05, 0) is 211 Å². The fourth-order valence-electron chi connectivity index (χ4n) is 7.29. The first-order chi connectivity index (χ1) is 45.3. The molecular formula is C76H143NO20. The van der Waals surface area contributed by atoms with Gasteiger partial charge in [-0.15, -0.1) is 0 Å². The average molecular weight is 1390 g/mol. The summed E-state index contributed by atoms with van der Waals surface area (Å²) in [6.07, 6.45) is 21.8. The van der Waals surface area contributed by atoms with Gasteiger partial charge in [0.05, 0.1) is 73.3 Å². The van der Waals surface area contributed by atoms with E-state index in [1.54, 1.807) is 13.8 Å². The summed E-state index contributed by atoms with van der Waals surface area (Å²) in [7, 11) is 3.91. The summed E-state index contributed by atoms with van der Waals surface area (Å²) in [5, 5.41) is 16.9. The molecule has 0 saturated heterocycles. The van der Waals surface area contributed by atoms with Crippen LogP contribution in [0.5, 0.6) is 0 Å². The van der Waals surface area contributed by atoms with Crippen LogP contribution in [0.25, 0.3) is 0 Å². The zero-order valence-electron chi connectivity index (χ0n) is 65.2. The third-order valence-corrected chi connectivity index (χ3v) is 17.4. The molecule has 2 N–H and O–H groups in total. The van der Waals surface area contributed by atoms with Crippen molar-refractivity contribution in [1.82, 2.24) is 4.90 Å². The molecule has 2 atom stereocenters. The number of carbonyl (C=O) groups is 10.